The molecule has 0 aliphatic heterocycles. The van der Waals surface area contributed by atoms with Crippen LogP contribution in [-0.2, 0) is 0 Å². The first-order valence-corrected chi connectivity index (χ1v) is 16.5. The minimum Gasteiger partial charge on any atom is -0.857 e. The van der Waals surface area contributed by atoms with Gasteiger partial charge in [0, 0.05) is 0 Å². The molecule has 0 spiro atoms. The standard InChI is InChI=1S/C32H68N.CH3O/c1-5-9-13-17-18-19-20-21-22-23-24-28-32-33(29-25-14-10-6-2,30-26-15-11-7-3)31-27-16-12-8-4;1-2/h5-32H2,1-4H3;1H3/q+1;-1. The van der Waals surface area contributed by atoms with Crippen molar-refractivity contribution >= 4 is 0 Å². The average Bonchev–Trinajstić information content (AvgIpc) is 2.89. The Kier molecular flexibility index (Phi) is 33.8. The molecule has 0 saturated heterocycles. The molecular weight excluding hydrogens is 426 g/mol. The van der Waals surface area contributed by atoms with E-state index < -0.39 is 0 Å². The molecule has 35 heavy (non-hydrogen) atoms. The molecule has 0 fully saturated rings. The van der Waals surface area contributed by atoms with Crippen LogP contribution >= 0.6 is 0 Å². The molecule has 0 radical (unpaired) electrons. The van der Waals surface area contributed by atoms with E-state index in [1.165, 1.54) is 185 Å². The molecule has 0 bridgehead atoms. The van der Waals surface area contributed by atoms with Gasteiger partial charge in [0.25, 0.3) is 0 Å². The number of hydrogen-bond acceptors (Lipinski definition) is 1. The van der Waals surface area contributed by atoms with Gasteiger partial charge in [-0.05, 0) is 51.4 Å². The highest BCUT2D eigenvalue weighted by molar-refractivity contribution is 4.54. The molecule has 0 rings (SSSR count). The van der Waals surface area contributed by atoms with E-state index in [4.69, 9.17) is 5.11 Å². The third kappa shape index (κ3) is 26.8. The zero-order chi connectivity index (χ0) is 26.3. The van der Waals surface area contributed by atoms with Gasteiger partial charge in [0.1, 0.15) is 0 Å². The first-order valence-electron chi connectivity index (χ1n) is 16.5. The summed E-state index contributed by atoms with van der Waals surface area (Å²) in [5, 5.41) is 8.25. The summed E-state index contributed by atoms with van der Waals surface area (Å²) in [4.78, 5) is 0. The smallest absolute Gasteiger partial charge is 0.0786 e. The number of quaternary nitrogens is 1. The topological polar surface area (TPSA) is 23.1 Å². The van der Waals surface area contributed by atoms with Crippen LogP contribution in [0.3, 0.4) is 0 Å². The van der Waals surface area contributed by atoms with Crippen molar-refractivity contribution in [3.05, 3.63) is 0 Å². The molecule has 0 aromatic rings. The molecule has 0 aromatic heterocycles. The van der Waals surface area contributed by atoms with Crippen LogP contribution in [0.25, 0.3) is 0 Å². The first-order chi connectivity index (χ1) is 17.2. The molecular formula is C33H71NO. The van der Waals surface area contributed by atoms with Gasteiger partial charge < -0.3 is 9.59 Å². The monoisotopic (exact) mass is 498 g/mol. The van der Waals surface area contributed by atoms with E-state index in [1.807, 2.05) is 0 Å². The van der Waals surface area contributed by atoms with Crippen molar-refractivity contribution in [2.45, 2.75) is 182 Å². The Labute approximate surface area is 224 Å². The van der Waals surface area contributed by atoms with Crippen LogP contribution in [0.5, 0.6) is 0 Å². The number of rotatable bonds is 28. The molecule has 2 nitrogen and oxygen atoms in total. The maximum absolute atomic E-state index is 8.25. The number of unbranched alkanes of at least 4 members (excludes halogenated alkanes) is 20. The number of nitrogens with zero attached hydrogens (tertiary/aromatic N) is 1. The van der Waals surface area contributed by atoms with E-state index in [9.17, 15) is 0 Å². The second-order valence-corrected chi connectivity index (χ2v) is 11.3. The van der Waals surface area contributed by atoms with Gasteiger partial charge in [-0.3, -0.25) is 0 Å². The molecule has 0 N–H and O–H groups in total. The lowest BCUT2D eigenvalue weighted by atomic mass is 10.0. The van der Waals surface area contributed by atoms with Crippen molar-refractivity contribution in [2.75, 3.05) is 33.3 Å². The second kappa shape index (κ2) is 31.9. The lowest BCUT2D eigenvalue weighted by Crippen LogP contribution is -2.50. The van der Waals surface area contributed by atoms with Gasteiger partial charge in [0.05, 0.1) is 26.2 Å². The molecule has 0 unspecified atom stereocenters. The van der Waals surface area contributed by atoms with Crippen molar-refractivity contribution in [1.82, 2.24) is 0 Å². The third-order valence-corrected chi connectivity index (χ3v) is 7.94. The Hall–Kier alpha value is -0.0800. The summed E-state index contributed by atoms with van der Waals surface area (Å²) < 4.78 is 1.47. The third-order valence-electron chi connectivity index (χ3n) is 7.94. The highest BCUT2D eigenvalue weighted by Crippen LogP contribution is 2.20. The van der Waals surface area contributed by atoms with Crippen LogP contribution in [0.2, 0.25) is 0 Å². The van der Waals surface area contributed by atoms with Crippen molar-refractivity contribution in [3.63, 3.8) is 0 Å². The van der Waals surface area contributed by atoms with Gasteiger partial charge in [-0.25, -0.2) is 0 Å². The fourth-order valence-electron chi connectivity index (χ4n) is 5.58. The zero-order valence-electron chi connectivity index (χ0n) is 25.7. The molecule has 0 amide bonds. The maximum Gasteiger partial charge on any atom is 0.0786 e. The Morgan fingerprint density at radius 1 is 0.286 bits per heavy atom. The van der Waals surface area contributed by atoms with Gasteiger partial charge in [-0.2, -0.15) is 7.11 Å². The summed E-state index contributed by atoms with van der Waals surface area (Å²) in [7, 11) is 0.750. The molecule has 0 atom stereocenters. The van der Waals surface area contributed by atoms with E-state index in [0.29, 0.717) is 0 Å². The minimum atomic E-state index is 0.750. The maximum atomic E-state index is 8.25. The summed E-state index contributed by atoms with van der Waals surface area (Å²) in [6.45, 7) is 15.2. The Bertz CT molecular complexity index is 326. The van der Waals surface area contributed by atoms with E-state index in [0.717, 1.165) is 7.11 Å². The lowest BCUT2D eigenvalue weighted by Gasteiger charge is -2.39. The predicted octanol–water partition coefficient (Wildman–Crippen LogP) is 10.2. The zero-order valence-corrected chi connectivity index (χ0v) is 25.7. The predicted molar refractivity (Wildman–Crippen MR) is 159 cm³/mol. The molecule has 0 heterocycles. The van der Waals surface area contributed by atoms with Crippen LogP contribution < -0.4 is 5.11 Å². The van der Waals surface area contributed by atoms with E-state index in [2.05, 4.69) is 27.7 Å². The number of hydrogen-bond donors (Lipinski definition) is 0. The quantitative estimate of drug-likeness (QED) is 0.0778. The van der Waals surface area contributed by atoms with Crippen molar-refractivity contribution in [2.24, 2.45) is 0 Å². The van der Waals surface area contributed by atoms with Crippen molar-refractivity contribution in [1.29, 1.82) is 0 Å². The Morgan fingerprint density at radius 3 is 0.686 bits per heavy atom. The van der Waals surface area contributed by atoms with Gasteiger partial charge in [0.2, 0.25) is 0 Å². The largest absolute Gasteiger partial charge is 0.857 e. The van der Waals surface area contributed by atoms with E-state index >= 15 is 0 Å². The summed E-state index contributed by atoms with van der Waals surface area (Å²) >= 11 is 0. The summed E-state index contributed by atoms with van der Waals surface area (Å²) in [6, 6.07) is 0. The first kappa shape index (κ1) is 37.1. The molecule has 0 aliphatic carbocycles. The van der Waals surface area contributed by atoms with E-state index in [1.54, 1.807) is 0 Å². The normalized spacial score (nSPS) is 11.5. The van der Waals surface area contributed by atoms with Crippen LogP contribution in [0.15, 0.2) is 0 Å². The second-order valence-electron chi connectivity index (χ2n) is 11.3. The molecule has 2 heteroatoms. The van der Waals surface area contributed by atoms with Crippen LogP contribution in [0.4, 0.5) is 0 Å². The fraction of sp³-hybridized carbons (Fsp3) is 1.00. The van der Waals surface area contributed by atoms with Crippen molar-refractivity contribution in [3.8, 4) is 0 Å². The van der Waals surface area contributed by atoms with Gasteiger partial charge >= 0.3 is 0 Å². The SMILES string of the molecule is CCCCCCCCCCCCCC[N+](CCCCCC)(CCCCCC)CCCCCC.C[O-]. The van der Waals surface area contributed by atoms with Crippen molar-refractivity contribution < 1.29 is 9.59 Å². The van der Waals surface area contributed by atoms with Crippen LogP contribution in [0.1, 0.15) is 182 Å². The molecule has 0 aromatic carbocycles. The summed E-state index contributed by atoms with van der Waals surface area (Å²) in [6.07, 6.45) is 34.8. The average molecular weight is 498 g/mol. The highest BCUT2D eigenvalue weighted by Gasteiger charge is 2.25. The lowest BCUT2D eigenvalue weighted by molar-refractivity contribution is -0.929. The van der Waals surface area contributed by atoms with Gasteiger partial charge in [-0.1, -0.05) is 130 Å². The molecule has 214 valence electrons. The Morgan fingerprint density at radius 2 is 0.457 bits per heavy atom. The van der Waals surface area contributed by atoms with Gasteiger partial charge in [0.15, 0.2) is 0 Å². The minimum absolute atomic E-state index is 0.750. The highest BCUT2D eigenvalue weighted by atomic mass is 16.2. The molecule has 0 saturated carbocycles. The van der Waals surface area contributed by atoms with E-state index in [-0.39, 0.29) is 0 Å². The summed E-state index contributed by atoms with van der Waals surface area (Å²) in [5.74, 6) is 0. The van der Waals surface area contributed by atoms with Crippen LogP contribution in [0, 0.1) is 0 Å². The molecule has 0 aliphatic rings. The Balaban J connectivity index is 0. The summed E-state index contributed by atoms with van der Waals surface area (Å²) in [5.41, 5.74) is 0. The van der Waals surface area contributed by atoms with Gasteiger partial charge in [-0.15, -0.1) is 0 Å². The fourth-order valence-corrected chi connectivity index (χ4v) is 5.58. The van der Waals surface area contributed by atoms with Crippen LogP contribution in [-0.4, -0.2) is 37.8 Å².